The second kappa shape index (κ2) is 18.1. The highest BCUT2D eigenvalue weighted by atomic mass is 32.2. The number of phenolic OH excluding ortho intramolecular Hbond substituents is 1. The van der Waals surface area contributed by atoms with Gasteiger partial charge in [-0.3, -0.25) is 42.8 Å². The molecule has 1 amide bonds. The normalized spacial score (nSPS) is 19.1. The van der Waals surface area contributed by atoms with Gasteiger partial charge in [0.1, 0.15) is 33.0 Å². The summed E-state index contributed by atoms with van der Waals surface area (Å²) < 4.78 is 137. The molecule has 71 heavy (non-hydrogen) atoms. The molecule has 1 heterocycles. The molecule has 0 spiro atoms. The van der Waals surface area contributed by atoms with Crippen molar-refractivity contribution in [3.8, 4) is 5.75 Å². The van der Waals surface area contributed by atoms with E-state index in [1.807, 2.05) is 0 Å². The number of para-hydroxylation sites is 1. The average Bonchev–Trinajstić information content (AvgIpc) is 3.58. The van der Waals surface area contributed by atoms with Gasteiger partial charge in [0, 0.05) is 5.56 Å². The number of Topliss-reactive ketones (excluding diaryl/α,β-unsaturated/α-hetero) is 2. The van der Waals surface area contributed by atoms with Crippen LogP contribution in [-0.4, -0.2) is 109 Å². The van der Waals surface area contributed by atoms with Crippen LogP contribution in [0, 0.1) is 0 Å². The van der Waals surface area contributed by atoms with Gasteiger partial charge in [0.25, 0.3) is 46.4 Å². The molecule has 8 rings (SSSR count). The molecular weight excluding hydrogens is 1020 g/mol. The van der Waals surface area contributed by atoms with Crippen molar-refractivity contribution < 1.29 is 76.2 Å². The van der Waals surface area contributed by atoms with Gasteiger partial charge >= 0.3 is 0 Å². The number of carbonyl (C=O) groups is 4. The maximum atomic E-state index is 14.2. The van der Waals surface area contributed by atoms with Crippen LogP contribution >= 0.6 is 0 Å². The van der Waals surface area contributed by atoms with E-state index in [4.69, 9.17) is 0 Å². The summed E-state index contributed by atoms with van der Waals surface area (Å²) in [7, 11) is -20.3. The Labute approximate surface area is 400 Å². The van der Waals surface area contributed by atoms with E-state index in [1.165, 1.54) is 25.1 Å². The zero-order chi connectivity index (χ0) is 51.5. The molecule has 25 nitrogen and oxygen atoms in total. The molecule has 1 aliphatic heterocycles. The number of nitrogens with one attached hydrogen (secondary N) is 3. The number of hydrogen-bond acceptors (Lipinski definition) is 20. The van der Waals surface area contributed by atoms with Crippen LogP contribution in [0.4, 0.5) is 17.1 Å². The van der Waals surface area contributed by atoms with Gasteiger partial charge in [0.2, 0.25) is 17.3 Å². The molecule has 4 aromatic carbocycles. The van der Waals surface area contributed by atoms with Gasteiger partial charge in [0.05, 0.1) is 38.1 Å². The first-order valence-electron chi connectivity index (χ1n) is 19.7. The second-order valence-corrected chi connectivity index (χ2v) is 20.8. The number of amides is 1. The van der Waals surface area contributed by atoms with E-state index < -0.39 is 129 Å². The zero-order valence-electron chi connectivity index (χ0n) is 35.5. The minimum absolute atomic E-state index is 0.158. The lowest BCUT2D eigenvalue weighted by molar-refractivity contribution is -0.118. The van der Waals surface area contributed by atoms with Gasteiger partial charge in [-0.1, -0.05) is 36.4 Å². The molecule has 0 aromatic heterocycles. The number of ketones is 3. The highest BCUT2D eigenvalue weighted by Crippen LogP contribution is 2.35. The van der Waals surface area contributed by atoms with E-state index in [9.17, 15) is 76.2 Å². The number of nitrogens with zero attached hydrogens (tertiary/aromatic N) is 5. The first-order valence-corrected chi connectivity index (χ1v) is 25.4. The van der Waals surface area contributed by atoms with Crippen LogP contribution in [0.5, 0.6) is 5.75 Å². The maximum Gasteiger partial charge on any atom is 0.298 e. The topological polar surface area (TPSA) is 395 Å². The molecule has 29 heteroatoms. The third-order valence-electron chi connectivity index (χ3n) is 10.6. The summed E-state index contributed by atoms with van der Waals surface area (Å²) >= 11 is 0. The van der Waals surface area contributed by atoms with Crippen LogP contribution < -0.4 is 21.3 Å². The molecule has 8 N–H and O–H groups in total. The fraction of sp³-hybridized carbons (Fsp3) is 0.0476. The average molecular weight is 1050 g/mol. The van der Waals surface area contributed by atoms with Gasteiger partial charge < -0.3 is 10.5 Å². The first kappa shape index (κ1) is 49.4. The Bertz CT molecular complexity index is 3840. The number of rotatable bonds is 12. The van der Waals surface area contributed by atoms with E-state index in [-0.39, 0.29) is 33.7 Å². The molecule has 1 unspecified atom stereocenters. The number of hydrazone groups is 2. The molecule has 4 aliphatic rings. The summed E-state index contributed by atoms with van der Waals surface area (Å²) in [5.74, 6) is -4.60. The molecule has 4 aromatic rings. The highest BCUT2D eigenvalue weighted by molar-refractivity contribution is 7.91. The summed E-state index contributed by atoms with van der Waals surface area (Å²) in [6.45, 7) is 1.51. The predicted octanol–water partition coefficient (Wildman–Crippen LogP) is 2.67. The Morgan fingerprint density at radius 3 is 1.94 bits per heavy atom. The van der Waals surface area contributed by atoms with Gasteiger partial charge in [-0.05, 0) is 102 Å². The number of aromatic hydroxyl groups is 1. The van der Waals surface area contributed by atoms with E-state index in [0.717, 1.165) is 53.6 Å². The minimum Gasteiger partial charge on any atom is -0.506 e. The zero-order valence-corrected chi connectivity index (χ0v) is 38.7. The number of anilines is 3. The number of hydrazine groups is 1. The fourth-order valence-corrected chi connectivity index (χ4v) is 9.53. The van der Waals surface area contributed by atoms with Gasteiger partial charge in [-0.2, -0.15) is 48.9 Å². The maximum absolute atomic E-state index is 14.2. The molecular formula is C42H30N8O17S4. The lowest BCUT2D eigenvalue weighted by Crippen LogP contribution is -2.46. The van der Waals surface area contributed by atoms with Gasteiger partial charge in [0.15, 0.2) is 5.71 Å². The molecule has 3 aliphatic carbocycles. The van der Waals surface area contributed by atoms with Crippen molar-refractivity contribution in [2.45, 2.75) is 22.8 Å². The third kappa shape index (κ3) is 9.92. The summed E-state index contributed by atoms with van der Waals surface area (Å²) in [5, 5.41) is 27.7. The number of allylic oxidation sites excluding steroid dienone is 6. The van der Waals surface area contributed by atoms with E-state index in [0.29, 0.717) is 17.8 Å². The first-order chi connectivity index (χ1) is 33.2. The Kier molecular flexibility index (Phi) is 12.6. The number of benzene rings is 4. The number of carbonyl (C=O) groups excluding carboxylic acids is 4. The van der Waals surface area contributed by atoms with Crippen LogP contribution in [0.3, 0.4) is 0 Å². The molecule has 0 saturated carbocycles. The summed E-state index contributed by atoms with van der Waals surface area (Å²) in [6.07, 6.45) is 4.86. The Hall–Kier alpha value is -8.00. The van der Waals surface area contributed by atoms with Crippen LogP contribution in [0.1, 0.15) is 39.5 Å². The lowest BCUT2D eigenvalue weighted by Gasteiger charge is -2.22. The quantitative estimate of drug-likeness (QED) is 0.0437. The lowest BCUT2D eigenvalue weighted by atomic mass is 9.93. The van der Waals surface area contributed by atoms with Crippen molar-refractivity contribution >= 4 is 121 Å². The second-order valence-electron chi connectivity index (χ2n) is 15.2. The molecule has 364 valence electrons. The van der Waals surface area contributed by atoms with E-state index in [1.54, 1.807) is 30.3 Å². The van der Waals surface area contributed by atoms with Crippen molar-refractivity contribution in [2.24, 2.45) is 20.4 Å². The summed E-state index contributed by atoms with van der Waals surface area (Å²) in [4.78, 5) is 50.0. The largest absolute Gasteiger partial charge is 0.506 e. The summed E-state index contributed by atoms with van der Waals surface area (Å²) in [5.41, 5.74) is 4.51. The fourth-order valence-electron chi connectivity index (χ4n) is 7.21. The number of hydrogen-bond donors (Lipinski definition) is 8. The van der Waals surface area contributed by atoms with Crippen LogP contribution in [0.15, 0.2) is 137 Å². The monoisotopic (exact) mass is 1050 g/mol. The van der Waals surface area contributed by atoms with E-state index >= 15 is 0 Å². The molecule has 0 radical (unpaired) electrons. The minimum atomic E-state index is -5.32. The van der Waals surface area contributed by atoms with Crippen LogP contribution in [0.2, 0.25) is 0 Å². The van der Waals surface area contributed by atoms with Gasteiger partial charge in [-0.25, -0.2) is 5.43 Å². The van der Waals surface area contributed by atoms with Crippen LogP contribution in [0.25, 0.3) is 17.7 Å². The summed E-state index contributed by atoms with van der Waals surface area (Å²) in [6, 6.07) is 15.0. The van der Waals surface area contributed by atoms with Crippen LogP contribution in [-0.2, 0) is 54.9 Å². The SMILES string of the molecule is CC1=NN(c2ccccc2)C(=O)C1NNc1cc(S(=O)(=O)O)cc2c1C(=O)C(=NNc1ccc(C3=CC(=O)C(=NN=C4C(=O)C(S(=O)(=O)O)=Cc5cc(S(=O)(=O)O)ccc54)C=C3)cc1O)C(S(=O)(=O)O)=C2. The van der Waals surface area contributed by atoms with Crippen molar-refractivity contribution in [3.63, 3.8) is 0 Å². The predicted molar refractivity (Wildman–Crippen MR) is 254 cm³/mol. The smallest absolute Gasteiger partial charge is 0.298 e. The Morgan fingerprint density at radius 1 is 0.648 bits per heavy atom. The number of phenols is 1. The molecule has 0 bridgehead atoms. The van der Waals surface area contributed by atoms with Crippen molar-refractivity contribution in [3.05, 3.63) is 135 Å². The third-order valence-corrected chi connectivity index (χ3v) is 14.0. The Balaban J connectivity index is 1.05. The van der Waals surface area contributed by atoms with Crippen molar-refractivity contribution in [1.29, 1.82) is 0 Å². The standard InChI is InChI=1S/C42H30N8O17S4/c1-20-37(42(55)50(49-20)25-5-3-2-4-6-25)46-45-31-19-27(69(59,60)61)14-24-18-34(70(62,63)64)39(41(54)36(24)31)48-44-30-12-8-22(16-33(30)52)21-7-11-29(32(51)15-21)43-47-38-28-10-9-26(68(56,57)58)13-23(28)17-35(40(38)53)71(65,66)67/h2-19,37,44-46,52H,1H3,(H,56,57,58)(H,59,60,61)(H,62,63,64)(H,65,66,67). The molecule has 0 saturated heterocycles. The number of fused-ring (bicyclic) bond motifs is 2. The van der Waals surface area contributed by atoms with Crippen molar-refractivity contribution in [2.75, 3.05) is 15.9 Å². The molecule has 0 fully saturated rings. The van der Waals surface area contributed by atoms with Crippen molar-refractivity contribution in [1.82, 2.24) is 5.43 Å². The highest BCUT2D eigenvalue weighted by Gasteiger charge is 2.38. The van der Waals surface area contributed by atoms with E-state index in [2.05, 4.69) is 36.7 Å². The van der Waals surface area contributed by atoms with Gasteiger partial charge in [-0.15, -0.1) is 10.2 Å². The molecule has 1 atom stereocenters. The Morgan fingerprint density at radius 2 is 1.31 bits per heavy atom.